The molecule has 0 saturated carbocycles. The Morgan fingerprint density at radius 3 is 2.49 bits per heavy atom. The first kappa shape index (κ1) is 26.1. The van der Waals surface area contributed by atoms with Gasteiger partial charge in [-0.1, -0.05) is 19.9 Å². The Labute approximate surface area is 207 Å². The fourth-order valence-electron chi connectivity index (χ4n) is 3.53. The van der Waals surface area contributed by atoms with Gasteiger partial charge in [0.2, 0.25) is 11.8 Å². The van der Waals surface area contributed by atoms with Crippen LogP contribution in [0.2, 0.25) is 0 Å². The second-order valence-corrected chi connectivity index (χ2v) is 8.84. The van der Waals surface area contributed by atoms with E-state index in [4.69, 9.17) is 14.2 Å². The molecule has 2 aromatic rings. The van der Waals surface area contributed by atoms with Crippen LogP contribution >= 0.6 is 0 Å². The minimum Gasteiger partial charge on any atom is -0.493 e. The van der Waals surface area contributed by atoms with E-state index in [0.29, 0.717) is 29.7 Å². The molecule has 1 saturated heterocycles. The number of methoxy groups -OCH3 is 1. The lowest BCUT2D eigenvalue weighted by Gasteiger charge is -2.28. The van der Waals surface area contributed by atoms with Gasteiger partial charge in [0.15, 0.2) is 11.5 Å². The van der Waals surface area contributed by atoms with Crippen molar-refractivity contribution in [3.05, 3.63) is 54.1 Å². The van der Waals surface area contributed by atoms with Gasteiger partial charge in [-0.15, -0.1) is 0 Å². The molecule has 1 fully saturated rings. The summed E-state index contributed by atoms with van der Waals surface area (Å²) < 4.78 is 16.6. The van der Waals surface area contributed by atoms with Gasteiger partial charge in [-0.2, -0.15) is 0 Å². The van der Waals surface area contributed by atoms with Crippen LogP contribution in [0.3, 0.4) is 0 Å². The molecule has 8 nitrogen and oxygen atoms in total. The van der Waals surface area contributed by atoms with Gasteiger partial charge < -0.3 is 29.3 Å². The van der Waals surface area contributed by atoms with E-state index >= 15 is 0 Å². The lowest BCUT2D eigenvalue weighted by atomic mass is 10.2. The summed E-state index contributed by atoms with van der Waals surface area (Å²) in [5, 5.41) is 2.84. The highest BCUT2D eigenvalue weighted by Crippen LogP contribution is 2.29. The molecule has 35 heavy (non-hydrogen) atoms. The van der Waals surface area contributed by atoms with Crippen LogP contribution in [0.5, 0.6) is 11.5 Å². The van der Waals surface area contributed by atoms with Gasteiger partial charge in [-0.3, -0.25) is 9.59 Å². The standard InChI is InChI=1S/C27H35N3O5/c1-20(2)19-35-24-11-5-21(17-25(24)33-4)6-12-27(32)29(3)18-26(31)28-22-7-9-23(10-8-22)30-13-15-34-16-14-30/h5-12,17,20H,13-16,18-19H2,1-4H3,(H,28,31)/b12-6+. The smallest absolute Gasteiger partial charge is 0.246 e. The highest BCUT2D eigenvalue weighted by Gasteiger charge is 2.13. The lowest BCUT2D eigenvalue weighted by molar-refractivity contribution is -0.129. The zero-order valence-electron chi connectivity index (χ0n) is 21.0. The topological polar surface area (TPSA) is 80.3 Å². The number of amides is 2. The number of carbonyl (C=O) groups excluding carboxylic acids is 2. The minimum absolute atomic E-state index is 0.0559. The predicted octanol–water partition coefficient (Wildman–Crippen LogP) is 3.68. The Hall–Kier alpha value is -3.52. The normalized spacial score (nSPS) is 13.7. The molecule has 0 aromatic heterocycles. The average Bonchev–Trinajstić information content (AvgIpc) is 2.87. The summed E-state index contributed by atoms with van der Waals surface area (Å²) >= 11 is 0. The molecule has 8 heteroatoms. The molecule has 3 rings (SSSR count). The van der Waals surface area contributed by atoms with Crippen LogP contribution in [0.4, 0.5) is 11.4 Å². The lowest BCUT2D eigenvalue weighted by Crippen LogP contribution is -2.36. The Morgan fingerprint density at radius 2 is 1.83 bits per heavy atom. The van der Waals surface area contributed by atoms with Crippen LogP contribution in [0.15, 0.2) is 48.5 Å². The fraction of sp³-hybridized carbons (Fsp3) is 0.407. The third-order valence-corrected chi connectivity index (χ3v) is 5.46. The summed E-state index contributed by atoms with van der Waals surface area (Å²) in [6.45, 7) is 7.85. The fourth-order valence-corrected chi connectivity index (χ4v) is 3.53. The quantitative estimate of drug-likeness (QED) is 0.522. The van der Waals surface area contributed by atoms with Gasteiger partial charge in [-0.05, 0) is 54.0 Å². The number of hydrogen-bond donors (Lipinski definition) is 1. The van der Waals surface area contributed by atoms with Crippen molar-refractivity contribution < 1.29 is 23.8 Å². The first-order valence-corrected chi connectivity index (χ1v) is 11.8. The van der Waals surface area contributed by atoms with Crippen molar-refractivity contribution in [1.82, 2.24) is 4.90 Å². The first-order chi connectivity index (χ1) is 16.9. The Kier molecular flexibility index (Phi) is 9.55. The van der Waals surface area contributed by atoms with Gasteiger partial charge in [0.1, 0.15) is 0 Å². The maximum atomic E-state index is 12.5. The zero-order valence-corrected chi connectivity index (χ0v) is 21.0. The van der Waals surface area contributed by atoms with Crippen molar-refractivity contribution in [1.29, 1.82) is 0 Å². The zero-order chi connectivity index (χ0) is 25.2. The van der Waals surface area contributed by atoms with E-state index in [-0.39, 0.29) is 18.4 Å². The van der Waals surface area contributed by atoms with Gasteiger partial charge >= 0.3 is 0 Å². The van der Waals surface area contributed by atoms with E-state index in [9.17, 15) is 9.59 Å². The third kappa shape index (κ3) is 8.03. The van der Waals surface area contributed by atoms with Crippen LogP contribution in [0.1, 0.15) is 19.4 Å². The summed E-state index contributed by atoms with van der Waals surface area (Å²) in [4.78, 5) is 28.6. The molecule has 0 atom stereocenters. The SMILES string of the molecule is COc1cc(/C=C/C(=O)N(C)CC(=O)Nc2ccc(N3CCOCC3)cc2)ccc1OCC(C)C. The van der Waals surface area contributed by atoms with E-state index in [1.165, 1.54) is 11.0 Å². The number of anilines is 2. The molecule has 188 valence electrons. The van der Waals surface area contributed by atoms with Gasteiger partial charge in [0, 0.05) is 37.6 Å². The average molecular weight is 482 g/mol. The molecule has 1 N–H and O–H groups in total. The van der Waals surface area contributed by atoms with E-state index in [1.54, 1.807) is 20.2 Å². The van der Waals surface area contributed by atoms with Crippen molar-refractivity contribution >= 4 is 29.3 Å². The Bertz CT molecular complexity index is 1010. The summed E-state index contributed by atoms with van der Waals surface area (Å²) in [5.41, 5.74) is 2.58. The summed E-state index contributed by atoms with van der Waals surface area (Å²) in [6, 6.07) is 13.2. The number of nitrogens with zero attached hydrogens (tertiary/aromatic N) is 2. The van der Waals surface area contributed by atoms with Crippen molar-refractivity contribution in [2.75, 3.05) is 63.8 Å². The summed E-state index contributed by atoms with van der Waals surface area (Å²) in [6.07, 6.45) is 3.13. The maximum absolute atomic E-state index is 12.5. The second-order valence-electron chi connectivity index (χ2n) is 8.84. The molecule has 0 bridgehead atoms. The van der Waals surface area contributed by atoms with Crippen LogP contribution in [-0.2, 0) is 14.3 Å². The van der Waals surface area contributed by atoms with Crippen molar-refractivity contribution in [3.8, 4) is 11.5 Å². The second kappa shape index (κ2) is 12.8. The number of morpholine rings is 1. The molecular formula is C27H35N3O5. The van der Waals surface area contributed by atoms with Crippen molar-refractivity contribution in [2.24, 2.45) is 5.92 Å². The first-order valence-electron chi connectivity index (χ1n) is 11.8. The largest absolute Gasteiger partial charge is 0.493 e. The van der Waals surface area contributed by atoms with Gasteiger partial charge in [0.25, 0.3) is 0 Å². The van der Waals surface area contributed by atoms with Crippen LogP contribution < -0.4 is 19.7 Å². The van der Waals surface area contributed by atoms with Crippen molar-refractivity contribution in [2.45, 2.75) is 13.8 Å². The molecular weight excluding hydrogens is 446 g/mol. The van der Waals surface area contributed by atoms with Crippen LogP contribution in [0.25, 0.3) is 6.08 Å². The highest BCUT2D eigenvalue weighted by atomic mass is 16.5. The molecule has 2 amide bonds. The number of nitrogens with one attached hydrogen (secondary N) is 1. The third-order valence-electron chi connectivity index (χ3n) is 5.46. The van der Waals surface area contributed by atoms with Gasteiger partial charge in [0.05, 0.1) is 33.5 Å². The van der Waals surface area contributed by atoms with E-state index in [0.717, 1.165) is 37.6 Å². The molecule has 1 aliphatic heterocycles. The van der Waals surface area contributed by atoms with Crippen LogP contribution in [0, 0.1) is 5.92 Å². The number of likely N-dealkylation sites (N-methyl/N-ethyl adjacent to an activating group) is 1. The number of benzene rings is 2. The van der Waals surface area contributed by atoms with Gasteiger partial charge in [-0.25, -0.2) is 0 Å². The molecule has 0 aliphatic carbocycles. The maximum Gasteiger partial charge on any atom is 0.246 e. The monoisotopic (exact) mass is 481 g/mol. The number of rotatable bonds is 10. The number of carbonyl (C=O) groups is 2. The molecule has 1 heterocycles. The van der Waals surface area contributed by atoms with Crippen molar-refractivity contribution in [3.63, 3.8) is 0 Å². The summed E-state index contributed by atoms with van der Waals surface area (Å²) in [7, 11) is 3.18. The Balaban J connectivity index is 1.50. The van der Waals surface area contributed by atoms with E-state index in [1.807, 2.05) is 42.5 Å². The molecule has 0 radical (unpaired) electrons. The minimum atomic E-state index is -0.276. The number of hydrogen-bond acceptors (Lipinski definition) is 6. The molecule has 2 aromatic carbocycles. The predicted molar refractivity (Wildman–Crippen MR) is 138 cm³/mol. The molecule has 1 aliphatic rings. The number of ether oxygens (including phenoxy) is 3. The summed E-state index contributed by atoms with van der Waals surface area (Å²) in [5.74, 6) is 1.13. The van der Waals surface area contributed by atoms with E-state index in [2.05, 4.69) is 24.1 Å². The molecule has 0 spiro atoms. The molecule has 0 unspecified atom stereocenters. The highest BCUT2D eigenvalue weighted by molar-refractivity contribution is 5.98. The Morgan fingerprint density at radius 1 is 1.11 bits per heavy atom. The van der Waals surface area contributed by atoms with E-state index < -0.39 is 0 Å². The van der Waals surface area contributed by atoms with Crippen LogP contribution in [-0.4, -0.2) is 70.3 Å².